The zero-order chi connectivity index (χ0) is 13.2. The Morgan fingerprint density at radius 1 is 1.22 bits per heavy atom. The molecular formula is C15H25NOS. The fourth-order valence-electron chi connectivity index (χ4n) is 1.85. The molecule has 2 nitrogen and oxygen atoms in total. The summed E-state index contributed by atoms with van der Waals surface area (Å²) < 4.78 is 0. The molecule has 0 unspecified atom stereocenters. The van der Waals surface area contributed by atoms with Gasteiger partial charge < -0.3 is 10.4 Å². The van der Waals surface area contributed by atoms with Crippen molar-refractivity contribution in [2.75, 3.05) is 18.8 Å². The number of aromatic hydroxyl groups is 1. The van der Waals surface area contributed by atoms with Crippen molar-refractivity contribution in [3.8, 4) is 5.75 Å². The lowest BCUT2D eigenvalue weighted by atomic mass is 10.1. The molecule has 1 aromatic carbocycles. The van der Waals surface area contributed by atoms with Gasteiger partial charge in [-0.15, -0.1) is 11.8 Å². The largest absolute Gasteiger partial charge is 0.508 e. The zero-order valence-electron chi connectivity index (χ0n) is 11.5. The van der Waals surface area contributed by atoms with E-state index in [4.69, 9.17) is 0 Å². The Balaban J connectivity index is 0.000000203. The third-order valence-electron chi connectivity index (χ3n) is 2.79. The predicted molar refractivity (Wildman–Crippen MR) is 80.6 cm³/mol. The van der Waals surface area contributed by atoms with E-state index in [0.717, 1.165) is 12.0 Å². The van der Waals surface area contributed by atoms with Crippen LogP contribution in [0, 0.1) is 0 Å². The minimum absolute atomic E-state index is 0.467. The maximum absolute atomic E-state index is 9.44. The van der Waals surface area contributed by atoms with Gasteiger partial charge in [0.2, 0.25) is 0 Å². The van der Waals surface area contributed by atoms with Crippen molar-refractivity contribution in [2.45, 2.75) is 44.4 Å². The van der Waals surface area contributed by atoms with Crippen LogP contribution in [0.2, 0.25) is 0 Å². The van der Waals surface area contributed by atoms with Gasteiger partial charge in [-0.1, -0.05) is 19.9 Å². The van der Waals surface area contributed by atoms with Crippen LogP contribution in [-0.2, 0) is 6.42 Å². The summed E-state index contributed by atoms with van der Waals surface area (Å²) in [4.78, 5) is 1.26. The summed E-state index contributed by atoms with van der Waals surface area (Å²) in [5.74, 6) is 1.66. The molecule has 0 spiro atoms. The fourth-order valence-corrected chi connectivity index (χ4v) is 2.91. The first-order valence-corrected chi connectivity index (χ1v) is 7.92. The molecule has 1 aliphatic heterocycles. The third-order valence-corrected chi connectivity index (χ3v) is 3.98. The monoisotopic (exact) mass is 267 g/mol. The van der Waals surface area contributed by atoms with Crippen molar-refractivity contribution in [3.05, 3.63) is 23.8 Å². The summed E-state index contributed by atoms with van der Waals surface area (Å²) in [6, 6.07) is 5.76. The van der Waals surface area contributed by atoms with Gasteiger partial charge in [-0.05, 0) is 56.7 Å². The molecule has 0 saturated heterocycles. The predicted octanol–water partition coefficient (Wildman–Crippen LogP) is 3.83. The molecule has 18 heavy (non-hydrogen) atoms. The first-order chi connectivity index (χ1) is 8.79. The number of phenols is 1. The summed E-state index contributed by atoms with van der Waals surface area (Å²) >= 11 is 1.84. The van der Waals surface area contributed by atoms with Crippen LogP contribution in [-0.4, -0.2) is 23.9 Å². The van der Waals surface area contributed by atoms with Gasteiger partial charge in [0, 0.05) is 10.5 Å². The van der Waals surface area contributed by atoms with Crippen molar-refractivity contribution in [1.29, 1.82) is 0 Å². The Labute approximate surface area is 115 Å². The summed E-state index contributed by atoms with van der Waals surface area (Å²) in [5.41, 5.74) is 1.14. The summed E-state index contributed by atoms with van der Waals surface area (Å²) in [5, 5.41) is 12.7. The van der Waals surface area contributed by atoms with Crippen molar-refractivity contribution in [1.82, 2.24) is 5.32 Å². The van der Waals surface area contributed by atoms with Gasteiger partial charge in [-0.3, -0.25) is 0 Å². The molecular weight excluding hydrogens is 242 g/mol. The highest BCUT2D eigenvalue weighted by Crippen LogP contribution is 2.34. The molecule has 0 radical (unpaired) electrons. The van der Waals surface area contributed by atoms with Crippen LogP contribution >= 0.6 is 11.8 Å². The number of fused-ring (bicyclic) bond motifs is 1. The number of thioether (sulfide) groups is 1. The van der Waals surface area contributed by atoms with Crippen LogP contribution in [0.15, 0.2) is 23.1 Å². The van der Waals surface area contributed by atoms with E-state index in [9.17, 15) is 5.11 Å². The van der Waals surface area contributed by atoms with E-state index in [2.05, 4.69) is 25.2 Å². The van der Waals surface area contributed by atoms with Crippen LogP contribution in [0.4, 0.5) is 0 Å². The summed E-state index contributed by atoms with van der Waals surface area (Å²) in [6.07, 6.45) is 4.73. The van der Waals surface area contributed by atoms with Crippen molar-refractivity contribution in [2.24, 2.45) is 0 Å². The fraction of sp³-hybridized carbons (Fsp3) is 0.600. The number of hydrogen-bond donors (Lipinski definition) is 2. The quantitative estimate of drug-likeness (QED) is 0.813. The van der Waals surface area contributed by atoms with E-state index >= 15 is 0 Å². The van der Waals surface area contributed by atoms with E-state index in [1.54, 1.807) is 6.07 Å². The van der Waals surface area contributed by atoms with Gasteiger partial charge in [0.15, 0.2) is 0 Å². The molecule has 2 N–H and O–H groups in total. The van der Waals surface area contributed by atoms with Crippen molar-refractivity contribution in [3.63, 3.8) is 0 Å². The Bertz CT molecular complexity index is 337. The van der Waals surface area contributed by atoms with E-state index < -0.39 is 0 Å². The molecule has 0 bridgehead atoms. The van der Waals surface area contributed by atoms with Crippen LogP contribution in [0.3, 0.4) is 0 Å². The summed E-state index contributed by atoms with van der Waals surface area (Å²) in [6.45, 7) is 6.72. The normalized spacial score (nSPS) is 13.4. The maximum Gasteiger partial charge on any atom is 0.119 e. The third kappa shape index (κ3) is 5.32. The number of hydrogen-bond acceptors (Lipinski definition) is 3. The van der Waals surface area contributed by atoms with Gasteiger partial charge in [0.05, 0.1) is 0 Å². The molecule has 0 saturated carbocycles. The molecule has 0 aromatic heterocycles. The van der Waals surface area contributed by atoms with Gasteiger partial charge in [0.1, 0.15) is 5.75 Å². The second kappa shape index (κ2) is 9.29. The topological polar surface area (TPSA) is 32.3 Å². The number of benzene rings is 1. The average Bonchev–Trinajstić information content (AvgIpc) is 2.41. The zero-order valence-corrected chi connectivity index (χ0v) is 12.4. The van der Waals surface area contributed by atoms with Gasteiger partial charge in [0.25, 0.3) is 0 Å². The van der Waals surface area contributed by atoms with E-state index in [0.29, 0.717) is 5.75 Å². The highest BCUT2D eigenvalue weighted by Gasteiger charge is 2.11. The van der Waals surface area contributed by atoms with Crippen LogP contribution < -0.4 is 5.32 Å². The molecule has 0 fully saturated rings. The molecule has 1 aliphatic rings. The lowest BCUT2D eigenvalue weighted by Gasteiger charge is -2.15. The second-order valence-corrected chi connectivity index (χ2v) is 5.59. The SMILES string of the molecule is CCCNCCC.Oc1cccc2c1CCCS2. The molecule has 102 valence electrons. The van der Waals surface area contributed by atoms with Gasteiger partial charge in [-0.25, -0.2) is 0 Å². The lowest BCUT2D eigenvalue weighted by Crippen LogP contribution is -2.14. The number of phenolic OH excluding ortho intramolecular Hbond substituents is 1. The first-order valence-electron chi connectivity index (χ1n) is 6.94. The maximum atomic E-state index is 9.44. The molecule has 1 aromatic rings. The van der Waals surface area contributed by atoms with E-state index in [1.165, 1.54) is 43.0 Å². The van der Waals surface area contributed by atoms with Gasteiger partial charge >= 0.3 is 0 Å². The molecule has 0 amide bonds. The number of rotatable bonds is 4. The summed E-state index contributed by atoms with van der Waals surface area (Å²) in [7, 11) is 0. The van der Waals surface area contributed by atoms with Crippen LogP contribution in [0.1, 0.15) is 38.7 Å². The Hall–Kier alpha value is -0.670. The van der Waals surface area contributed by atoms with E-state index in [-0.39, 0.29) is 0 Å². The first kappa shape index (κ1) is 15.4. The molecule has 3 heteroatoms. The molecule has 0 atom stereocenters. The van der Waals surface area contributed by atoms with E-state index in [1.807, 2.05) is 17.8 Å². The van der Waals surface area contributed by atoms with Crippen LogP contribution in [0.25, 0.3) is 0 Å². The van der Waals surface area contributed by atoms with Crippen molar-refractivity contribution < 1.29 is 5.11 Å². The average molecular weight is 267 g/mol. The number of nitrogens with one attached hydrogen (secondary N) is 1. The molecule has 0 aliphatic carbocycles. The van der Waals surface area contributed by atoms with Gasteiger partial charge in [-0.2, -0.15) is 0 Å². The smallest absolute Gasteiger partial charge is 0.119 e. The Morgan fingerprint density at radius 3 is 2.56 bits per heavy atom. The highest BCUT2D eigenvalue weighted by molar-refractivity contribution is 7.99. The molecule has 2 rings (SSSR count). The lowest BCUT2D eigenvalue weighted by molar-refractivity contribution is 0.465. The van der Waals surface area contributed by atoms with Crippen molar-refractivity contribution >= 4 is 11.8 Å². The Kier molecular flexibility index (Phi) is 7.94. The second-order valence-electron chi connectivity index (χ2n) is 4.46. The Morgan fingerprint density at radius 2 is 1.94 bits per heavy atom. The standard InChI is InChI=1S/C9H10OS.C6H15N/c10-8-4-1-5-9-7(8)3-2-6-11-9;1-3-5-7-6-4-2/h1,4-5,10H,2-3,6H2;7H,3-6H2,1-2H3. The minimum Gasteiger partial charge on any atom is -0.508 e. The highest BCUT2D eigenvalue weighted by atomic mass is 32.2. The molecule has 1 heterocycles. The van der Waals surface area contributed by atoms with Crippen LogP contribution in [0.5, 0.6) is 5.75 Å². The minimum atomic E-state index is 0.467.